The van der Waals surface area contributed by atoms with Crippen LogP contribution in [0.25, 0.3) is 10.7 Å². The normalized spacial score (nSPS) is 12.0. The fourth-order valence-electron chi connectivity index (χ4n) is 2.61. The molecule has 1 atom stereocenters. The summed E-state index contributed by atoms with van der Waals surface area (Å²) >= 11 is 3.02. The van der Waals surface area contributed by atoms with Crippen LogP contribution in [-0.4, -0.2) is 33.0 Å². The molecule has 0 aliphatic heterocycles. The standard InChI is InChI=1S/C19H22N4O2S2/c1-5-23-17(16-7-6-10-26-16)21-22-19(23)27-13(3)18(24)20-14-11-12(2)8-9-15(14)25-4/h6-11,13H,5H2,1-4H3,(H,20,24)/t13-/m1/s1. The number of methoxy groups -OCH3 is 1. The Bertz CT molecular complexity index is 922. The summed E-state index contributed by atoms with van der Waals surface area (Å²) in [6, 6.07) is 9.71. The molecule has 0 aliphatic carbocycles. The number of thioether (sulfide) groups is 1. The molecule has 6 nitrogen and oxygen atoms in total. The van der Waals surface area contributed by atoms with Gasteiger partial charge in [-0.25, -0.2) is 0 Å². The smallest absolute Gasteiger partial charge is 0.237 e. The number of amides is 1. The third-order valence-corrected chi connectivity index (χ3v) is 5.99. The van der Waals surface area contributed by atoms with Gasteiger partial charge in [0, 0.05) is 6.54 Å². The third kappa shape index (κ3) is 4.33. The maximum absolute atomic E-state index is 12.7. The molecule has 3 aromatic rings. The second-order valence-electron chi connectivity index (χ2n) is 5.98. The summed E-state index contributed by atoms with van der Waals surface area (Å²) in [5.41, 5.74) is 1.73. The molecule has 0 aliphatic rings. The van der Waals surface area contributed by atoms with Crippen LogP contribution in [0.4, 0.5) is 5.69 Å². The van der Waals surface area contributed by atoms with Gasteiger partial charge in [0.15, 0.2) is 11.0 Å². The zero-order valence-corrected chi connectivity index (χ0v) is 17.4. The van der Waals surface area contributed by atoms with Gasteiger partial charge >= 0.3 is 0 Å². The molecule has 1 N–H and O–H groups in total. The quantitative estimate of drug-likeness (QED) is 0.591. The van der Waals surface area contributed by atoms with Crippen molar-refractivity contribution in [1.29, 1.82) is 0 Å². The van der Waals surface area contributed by atoms with Gasteiger partial charge in [-0.3, -0.25) is 4.79 Å². The zero-order valence-electron chi connectivity index (χ0n) is 15.7. The molecule has 142 valence electrons. The van der Waals surface area contributed by atoms with Crippen LogP contribution in [0.5, 0.6) is 5.75 Å². The fraction of sp³-hybridized carbons (Fsp3) is 0.316. The average molecular weight is 403 g/mol. The second-order valence-corrected chi connectivity index (χ2v) is 8.24. The van der Waals surface area contributed by atoms with Gasteiger partial charge in [-0.15, -0.1) is 21.5 Å². The van der Waals surface area contributed by atoms with Crippen LogP contribution >= 0.6 is 23.1 Å². The second kappa shape index (κ2) is 8.58. The van der Waals surface area contributed by atoms with Crippen molar-refractivity contribution in [2.24, 2.45) is 0 Å². The molecule has 0 fully saturated rings. The van der Waals surface area contributed by atoms with E-state index in [2.05, 4.69) is 15.5 Å². The number of hydrogen-bond donors (Lipinski definition) is 1. The van der Waals surface area contributed by atoms with Crippen LogP contribution in [0.3, 0.4) is 0 Å². The van der Waals surface area contributed by atoms with Crippen LogP contribution in [0, 0.1) is 6.92 Å². The van der Waals surface area contributed by atoms with Crippen LogP contribution in [-0.2, 0) is 11.3 Å². The number of thiophene rings is 1. The number of hydrogen-bond acceptors (Lipinski definition) is 6. The van der Waals surface area contributed by atoms with Gasteiger partial charge in [0.25, 0.3) is 0 Å². The Morgan fingerprint density at radius 2 is 2.19 bits per heavy atom. The van der Waals surface area contributed by atoms with Crippen molar-refractivity contribution < 1.29 is 9.53 Å². The van der Waals surface area contributed by atoms with Crippen LogP contribution < -0.4 is 10.1 Å². The van der Waals surface area contributed by atoms with Gasteiger partial charge in [0.05, 0.1) is 22.9 Å². The van der Waals surface area contributed by atoms with E-state index in [1.165, 1.54) is 11.8 Å². The first-order valence-corrected chi connectivity index (χ1v) is 10.4. The van der Waals surface area contributed by atoms with Crippen molar-refractivity contribution in [2.75, 3.05) is 12.4 Å². The van der Waals surface area contributed by atoms with E-state index in [1.807, 2.05) is 61.1 Å². The first kappa shape index (κ1) is 19.4. The molecular formula is C19H22N4O2S2. The van der Waals surface area contributed by atoms with Crippen molar-refractivity contribution in [3.05, 3.63) is 41.3 Å². The molecular weight excluding hydrogens is 380 g/mol. The number of rotatable bonds is 7. The maximum Gasteiger partial charge on any atom is 0.237 e. The number of nitrogens with zero attached hydrogens (tertiary/aromatic N) is 3. The Balaban J connectivity index is 1.75. The summed E-state index contributed by atoms with van der Waals surface area (Å²) in [4.78, 5) is 13.8. The number of benzene rings is 1. The first-order valence-electron chi connectivity index (χ1n) is 8.62. The highest BCUT2D eigenvalue weighted by molar-refractivity contribution is 8.00. The summed E-state index contributed by atoms with van der Waals surface area (Å²) in [6.45, 7) is 6.63. The monoisotopic (exact) mass is 402 g/mol. The molecule has 0 saturated heterocycles. The minimum atomic E-state index is -0.332. The molecule has 0 unspecified atom stereocenters. The number of aromatic nitrogens is 3. The SMILES string of the molecule is CCn1c(S[C@H](C)C(=O)Nc2cc(C)ccc2OC)nnc1-c1cccs1. The summed E-state index contributed by atoms with van der Waals surface area (Å²) in [5, 5.41) is 14.0. The van der Waals surface area contributed by atoms with E-state index in [1.54, 1.807) is 18.4 Å². The van der Waals surface area contributed by atoms with Gasteiger partial charge in [-0.1, -0.05) is 23.9 Å². The molecule has 0 radical (unpaired) electrons. The predicted molar refractivity (Wildman–Crippen MR) is 111 cm³/mol. The fourth-order valence-corrected chi connectivity index (χ4v) is 4.24. The number of aryl methyl sites for hydroxylation is 1. The number of ether oxygens (including phenoxy) is 1. The van der Waals surface area contributed by atoms with Crippen LogP contribution in [0.15, 0.2) is 40.9 Å². The molecule has 0 spiro atoms. The number of anilines is 1. The molecule has 8 heteroatoms. The van der Waals surface area contributed by atoms with Crippen molar-refractivity contribution in [3.63, 3.8) is 0 Å². The average Bonchev–Trinajstić information content (AvgIpc) is 3.31. The van der Waals surface area contributed by atoms with Crippen molar-refractivity contribution in [1.82, 2.24) is 14.8 Å². The Morgan fingerprint density at radius 3 is 2.85 bits per heavy atom. The Kier molecular flexibility index (Phi) is 6.18. The van der Waals surface area contributed by atoms with E-state index in [0.29, 0.717) is 11.4 Å². The van der Waals surface area contributed by atoms with Crippen LogP contribution in [0.1, 0.15) is 19.4 Å². The highest BCUT2D eigenvalue weighted by atomic mass is 32.2. The minimum absolute atomic E-state index is 0.104. The number of nitrogens with one attached hydrogen (secondary N) is 1. The minimum Gasteiger partial charge on any atom is -0.495 e. The summed E-state index contributed by atoms with van der Waals surface area (Å²) in [6.07, 6.45) is 0. The summed E-state index contributed by atoms with van der Waals surface area (Å²) < 4.78 is 7.37. The Hall–Kier alpha value is -2.32. The number of carbonyl (C=O) groups is 1. The zero-order chi connectivity index (χ0) is 19.4. The van der Waals surface area contributed by atoms with Gasteiger partial charge in [0.1, 0.15) is 5.75 Å². The predicted octanol–water partition coefficient (Wildman–Crippen LogP) is 4.46. The molecule has 27 heavy (non-hydrogen) atoms. The van der Waals surface area contributed by atoms with E-state index in [0.717, 1.165) is 28.0 Å². The van der Waals surface area contributed by atoms with E-state index in [9.17, 15) is 4.79 Å². The molecule has 2 aromatic heterocycles. The molecule has 3 rings (SSSR count). The van der Waals surface area contributed by atoms with E-state index < -0.39 is 0 Å². The largest absolute Gasteiger partial charge is 0.495 e. The summed E-state index contributed by atoms with van der Waals surface area (Å²) in [5.74, 6) is 1.37. The molecule has 0 saturated carbocycles. The Labute approximate surface area is 167 Å². The lowest BCUT2D eigenvalue weighted by atomic mass is 10.2. The molecule has 1 aromatic carbocycles. The highest BCUT2D eigenvalue weighted by Crippen LogP contribution is 2.30. The van der Waals surface area contributed by atoms with Crippen molar-refractivity contribution in [3.8, 4) is 16.5 Å². The van der Waals surface area contributed by atoms with E-state index in [-0.39, 0.29) is 11.2 Å². The first-order chi connectivity index (χ1) is 13.0. The lowest BCUT2D eigenvalue weighted by Gasteiger charge is -2.15. The number of carbonyl (C=O) groups excluding carboxylic acids is 1. The van der Waals surface area contributed by atoms with Crippen molar-refractivity contribution in [2.45, 2.75) is 37.7 Å². The van der Waals surface area contributed by atoms with Gasteiger partial charge < -0.3 is 14.6 Å². The maximum atomic E-state index is 12.7. The van der Waals surface area contributed by atoms with Gasteiger partial charge in [0.2, 0.25) is 5.91 Å². The Morgan fingerprint density at radius 1 is 1.37 bits per heavy atom. The third-order valence-electron chi connectivity index (χ3n) is 4.04. The van der Waals surface area contributed by atoms with Gasteiger partial charge in [-0.2, -0.15) is 0 Å². The lowest BCUT2D eigenvalue weighted by Crippen LogP contribution is -2.23. The van der Waals surface area contributed by atoms with E-state index >= 15 is 0 Å². The topological polar surface area (TPSA) is 69.0 Å². The van der Waals surface area contributed by atoms with Crippen molar-refractivity contribution >= 4 is 34.7 Å². The van der Waals surface area contributed by atoms with Crippen LogP contribution in [0.2, 0.25) is 0 Å². The molecule has 1 amide bonds. The lowest BCUT2D eigenvalue weighted by molar-refractivity contribution is -0.115. The highest BCUT2D eigenvalue weighted by Gasteiger charge is 2.21. The van der Waals surface area contributed by atoms with E-state index in [4.69, 9.17) is 4.74 Å². The molecule has 0 bridgehead atoms. The molecule has 2 heterocycles. The van der Waals surface area contributed by atoms with Gasteiger partial charge in [-0.05, 0) is 49.9 Å². The summed E-state index contributed by atoms with van der Waals surface area (Å²) in [7, 11) is 1.59.